The number of pyridine rings is 1. The number of benzene rings is 3. The third-order valence-corrected chi connectivity index (χ3v) is 9.56. The van der Waals surface area contributed by atoms with Crippen molar-refractivity contribution in [2.75, 3.05) is 33.3 Å². The summed E-state index contributed by atoms with van der Waals surface area (Å²) < 4.78 is 24.1. The number of likely N-dealkylation sites (tertiary alicyclic amines) is 1. The van der Waals surface area contributed by atoms with Crippen LogP contribution in [-0.4, -0.2) is 53.1 Å². The second-order valence-electron chi connectivity index (χ2n) is 13.1. The first-order chi connectivity index (χ1) is 24.9. The fourth-order valence-electron chi connectivity index (χ4n) is 6.50. The summed E-state index contributed by atoms with van der Waals surface area (Å²) in [4.78, 5) is 13.0. The van der Waals surface area contributed by atoms with Crippen molar-refractivity contribution in [2.24, 2.45) is 0 Å². The highest BCUT2D eigenvalue weighted by Crippen LogP contribution is 2.37. The summed E-state index contributed by atoms with van der Waals surface area (Å²) in [6.07, 6.45) is 9.92. The summed E-state index contributed by atoms with van der Waals surface area (Å²) in [5.74, 6) is 2.07. The molecule has 1 fully saturated rings. The Hall–Kier alpha value is -4.88. The van der Waals surface area contributed by atoms with Crippen LogP contribution in [0, 0.1) is 25.2 Å². The summed E-state index contributed by atoms with van der Waals surface area (Å²) in [6.45, 7) is 10.2. The molecule has 3 heterocycles. The minimum Gasteiger partial charge on any atom is -0.493 e. The number of oxazole rings is 1. The number of nitriles is 1. The van der Waals surface area contributed by atoms with E-state index < -0.39 is 0 Å². The van der Waals surface area contributed by atoms with Crippen molar-refractivity contribution >= 4 is 11.6 Å². The largest absolute Gasteiger partial charge is 0.493 e. The molecular weight excluding hydrogens is 662 g/mol. The van der Waals surface area contributed by atoms with E-state index in [1.54, 1.807) is 18.5 Å². The predicted molar refractivity (Wildman–Crippen MR) is 198 cm³/mol. The Balaban J connectivity index is 1.17. The van der Waals surface area contributed by atoms with Gasteiger partial charge in [-0.3, -0.25) is 9.88 Å². The Bertz CT molecular complexity index is 1950. The molecule has 3 aromatic carbocycles. The van der Waals surface area contributed by atoms with Crippen LogP contribution >= 0.6 is 11.6 Å². The molecule has 0 bridgehead atoms. The van der Waals surface area contributed by atoms with Crippen molar-refractivity contribution in [3.05, 3.63) is 124 Å². The minimum atomic E-state index is 0.227. The number of hydrogen-bond acceptors (Lipinski definition) is 9. The molecule has 9 nitrogen and oxygen atoms in total. The summed E-state index contributed by atoms with van der Waals surface area (Å²) in [7, 11) is 1.99. The Morgan fingerprint density at radius 3 is 2.45 bits per heavy atom. The van der Waals surface area contributed by atoms with E-state index in [-0.39, 0.29) is 6.61 Å². The average molecular weight is 706 g/mol. The summed E-state index contributed by atoms with van der Waals surface area (Å²) >= 11 is 6.86. The zero-order valence-electron chi connectivity index (χ0n) is 29.5. The molecule has 2 aromatic heterocycles. The number of nitrogens with zero attached hydrogens (tertiary/aromatic N) is 5. The maximum Gasteiger partial charge on any atom is 0.180 e. The van der Waals surface area contributed by atoms with E-state index in [1.165, 1.54) is 38.5 Å². The first-order valence-electron chi connectivity index (χ1n) is 17.4. The van der Waals surface area contributed by atoms with Crippen LogP contribution in [0.5, 0.6) is 17.2 Å². The van der Waals surface area contributed by atoms with Gasteiger partial charge in [0.05, 0.1) is 22.9 Å². The van der Waals surface area contributed by atoms with Crippen molar-refractivity contribution in [1.82, 2.24) is 19.8 Å². The number of rotatable bonds is 16. The minimum absolute atomic E-state index is 0.227. The Kier molecular flexibility index (Phi) is 12.2. The van der Waals surface area contributed by atoms with Gasteiger partial charge in [-0.25, -0.2) is 4.98 Å². The number of halogens is 1. The quantitative estimate of drug-likeness (QED) is 0.0936. The van der Waals surface area contributed by atoms with Crippen molar-refractivity contribution in [3.8, 4) is 34.4 Å². The van der Waals surface area contributed by atoms with Gasteiger partial charge in [-0.15, -0.1) is 0 Å². The van der Waals surface area contributed by atoms with E-state index >= 15 is 0 Å². The lowest BCUT2D eigenvalue weighted by Crippen LogP contribution is -2.22. The van der Waals surface area contributed by atoms with Crippen LogP contribution in [0.25, 0.3) is 11.1 Å². The summed E-state index contributed by atoms with van der Waals surface area (Å²) in [5, 5.41) is 9.81. The molecule has 0 aliphatic carbocycles. The molecule has 0 N–H and O–H groups in total. The molecule has 264 valence electrons. The Morgan fingerprint density at radius 1 is 0.882 bits per heavy atom. The number of ether oxygens (including phenoxy) is 3. The van der Waals surface area contributed by atoms with E-state index in [2.05, 4.69) is 76.1 Å². The standard InChI is InChI=1S/C41H44ClN5O4/c1-29-33(9-6-10-36(29)37-11-7-12-39(30(37)2)49-16-8-15-47-13-4-5-14-47)26-51-41-19-40(50-25-32-17-31(20-43)21-44-22-32)34(18-38(41)42)23-46(3)24-35-27-48-28-45-35/h6-7,9-12,17-19,21-22,27-28H,4-5,8,13-16,23-26H2,1-3H3. The molecule has 5 aromatic rings. The molecule has 1 aliphatic rings. The highest BCUT2D eigenvalue weighted by molar-refractivity contribution is 6.32. The first-order valence-corrected chi connectivity index (χ1v) is 17.8. The molecule has 6 rings (SSSR count). The van der Waals surface area contributed by atoms with E-state index in [9.17, 15) is 5.26 Å². The van der Waals surface area contributed by atoms with Crippen molar-refractivity contribution in [1.29, 1.82) is 5.26 Å². The lowest BCUT2D eigenvalue weighted by Gasteiger charge is -2.20. The molecular formula is C41H44ClN5O4. The van der Waals surface area contributed by atoms with Crippen LogP contribution in [-0.2, 0) is 26.3 Å². The lowest BCUT2D eigenvalue weighted by atomic mass is 9.93. The van der Waals surface area contributed by atoms with Gasteiger partial charge in [-0.2, -0.15) is 5.26 Å². The van der Waals surface area contributed by atoms with E-state index in [1.807, 2.05) is 19.2 Å². The van der Waals surface area contributed by atoms with Gasteiger partial charge in [-0.05, 0) is 99.3 Å². The molecule has 1 saturated heterocycles. The van der Waals surface area contributed by atoms with Crippen LogP contribution in [0.15, 0.2) is 84.1 Å². The molecule has 0 saturated carbocycles. The number of hydrogen-bond donors (Lipinski definition) is 0. The van der Waals surface area contributed by atoms with Gasteiger partial charge in [-0.1, -0.05) is 41.9 Å². The van der Waals surface area contributed by atoms with Crippen molar-refractivity contribution < 1.29 is 18.6 Å². The van der Waals surface area contributed by atoms with Gasteiger partial charge in [0, 0.05) is 49.2 Å². The zero-order chi connectivity index (χ0) is 35.6. The lowest BCUT2D eigenvalue weighted by molar-refractivity contribution is 0.262. The molecule has 0 radical (unpaired) electrons. The number of aromatic nitrogens is 2. The summed E-state index contributed by atoms with van der Waals surface area (Å²) in [5.41, 5.74) is 8.58. The topological polar surface area (TPSA) is 96.9 Å². The van der Waals surface area contributed by atoms with Crippen LogP contribution in [0.4, 0.5) is 0 Å². The van der Waals surface area contributed by atoms with Gasteiger partial charge < -0.3 is 23.5 Å². The molecule has 0 atom stereocenters. The van der Waals surface area contributed by atoms with Gasteiger partial charge in [0.15, 0.2) is 6.39 Å². The monoisotopic (exact) mass is 705 g/mol. The van der Waals surface area contributed by atoms with Gasteiger partial charge in [0.2, 0.25) is 0 Å². The molecule has 0 spiro atoms. The molecule has 10 heteroatoms. The maximum atomic E-state index is 9.33. The zero-order valence-corrected chi connectivity index (χ0v) is 30.3. The normalized spacial score (nSPS) is 13.0. The highest BCUT2D eigenvalue weighted by Gasteiger charge is 2.17. The van der Waals surface area contributed by atoms with Crippen molar-refractivity contribution in [2.45, 2.75) is 59.4 Å². The first kappa shape index (κ1) is 35.9. The second-order valence-corrected chi connectivity index (χ2v) is 13.5. The van der Waals surface area contributed by atoms with Crippen LogP contribution in [0.1, 0.15) is 58.3 Å². The fraction of sp³-hybridized carbons (Fsp3) is 0.341. The second kappa shape index (κ2) is 17.4. The summed E-state index contributed by atoms with van der Waals surface area (Å²) in [6, 6.07) is 20.2. The average Bonchev–Trinajstić information content (AvgIpc) is 3.86. The maximum absolute atomic E-state index is 9.33. The predicted octanol–water partition coefficient (Wildman–Crippen LogP) is 8.53. The van der Waals surface area contributed by atoms with Gasteiger partial charge >= 0.3 is 0 Å². The molecule has 0 amide bonds. The van der Waals surface area contributed by atoms with Crippen LogP contribution in [0.3, 0.4) is 0 Å². The van der Waals surface area contributed by atoms with E-state index in [0.29, 0.717) is 48.4 Å². The Labute approximate surface area is 305 Å². The van der Waals surface area contributed by atoms with E-state index in [4.69, 9.17) is 30.2 Å². The molecule has 51 heavy (non-hydrogen) atoms. The highest BCUT2D eigenvalue weighted by atomic mass is 35.5. The van der Waals surface area contributed by atoms with Crippen molar-refractivity contribution in [3.63, 3.8) is 0 Å². The third kappa shape index (κ3) is 9.47. The molecule has 1 aliphatic heterocycles. The van der Waals surface area contributed by atoms with Crippen LogP contribution < -0.4 is 14.2 Å². The smallest absolute Gasteiger partial charge is 0.180 e. The van der Waals surface area contributed by atoms with Gasteiger partial charge in [0.1, 0.15) is 42.8 Å². The SMILES string of the molecule is Cc1c(COc2cc(OCc3cncc(C#N)c3)c(CN(C)Cc3cocn3)cc2Cl)cccc1-c1cccc(OCCCN2CCCC2)c1C. The van der Waals surface area contributed by atoms with Gasteiger partial charge in [0.25, 0.3) is 0 Å². The van der Waals surface area contributed by atoms with Crippen LogP contribution in [0.2, 0.25) is 5.02 Å². The molecule has 0 unspecified atom stereocenters. The van der Waals surface area contributed by atoms with E-state index in [0.717, 1.165) is 63.4 Å². The fourth-order valence-corrected chi connectivity index (χ4v) is 6.74. The third-order valence-electron chi connectivity index (χ3n) is 9.27. The Morgan fingerprint density at radius 2 is 1.67 bits per heavy atom.